The molecule has 2 aromatic rings. The van der Waals surface area contributed by atoms with Crippen LogP contribution in [0.15, 0.2) is 42.5 Å². The second-order valence-corrected chi connectivity index (χ2v) is 7.29. The average Bonchev–Trinajstić information content (AvgIpc) is 2.64. The molecule has 0 unspecified atom stereocenters. The van der Waals surface area contributed by atoms with Gasteiger partial charge in [-0.3, -0.25) is 14.5 Å². The number of carbonyl (C=O) groups excluding carboxylic acids is 2. The lowest BCUT2D eigenvalue weighted by Gasteiger charge is -2.34. The maximum Gasteiger partial charge on any atom is 0.253 e. The third-order valence-electron chi connectivity index (χ3n) is 5.08. The maximum absolute atomic E-state index is 12.7. The van der Waals surface area contributed by atoms with Gasteiger partial charge in [-0.05, 0) is 61.7 Å². The second-order valence-electron chi connectivity index (χ2n) is 7.29. The molecule has 0 aromatic heterocycles. The van der Waals surface area contributed by atoms with E-state index < -0.39 is 0 Å². The first-order valence-electron chi connectivity index (χ1n) is 9.38. The van der Waals surface area contributed by atoms with E-state index in [1.54, 1.807) is 0 Å². The van der Waals surface area contributed by atoms with Gasteiger partial charge in [-0.15, -0.1) is 0 Å². The van der Waals surface area contributed by atoms with Crippen LogP contribution in [0.4, 0.5) is 5.69 Å². The van der Waals surface area contributed by atoms with Gasteiger partial charge in [-0.1, -0.05) is 18.2 Å². The van der Waals surface area contributed by atoms with Crippen LogP contribution in [0.3, 0.4) is 0 Å². The summed E-state index contributed by atoms with van der Waals surface area (Å²) in [6, 6.07) is 13.6. The van der Waals surface area contributed by atoms with Crippen LogP contribution < -0.4 is 5.32 Å². The Bertz CT molecular complexity index is 839. The summed E-state index contributed by atoms with van der Waals surface area (Å²) in [6.45, 7) is 9.12. The van der Waals surface area contributed by atoms with E-state index in [9.17, 15) is 9.59 Å². The summed E-state index contributed by atoms with van der Waals surface area (Å²) < 4.78 is 0. The number of aryl methyl sites for hydroxylation is 3. The van der Waals surface area contributed by atoms with Crippen molar-refractivity contribution < 1.29 is 9.59 Å². The molecule has 5 nitrogen and oxygen atoms in total. The summed E-state index contributed by atoms with van der Waals surface area (Å²) >= 11 is 0. The number of nitrogens with zero attached hydrogens (tertiary/aromatic N) is 2. The number of nitrogens with one attached hydrogen (secondary N) is 1. The van der Waals surface area contributed by atoms with E-state index in [4.69, 9.17) is 0 Å². The van der Waals surface area contributed by atoms with E-state index in [1.807, 2.05) is 68.1 Å². The predicted molar refractivity (Wildman–Crippen MR) is 108 cm³/mol. The van der Waals surface area contributed by atoms with Gasteiger partial charge in [0.15, 0.2) is 0 Å². The molecule has 0 saturated carbocycles. The summed E-state index contributed by atoms with van der Waals surface area (Å²) in [5.41, 5.74) is 5.00. The van der Waals surface area contributed by atoms with E-state index in [-0.39, 0.29) is 11.8 Å². The monoisotopic (exact) mass is 365 g/mol. The van der Waals surface area contributed by atoms with Crippen molar-refractivity contribution in [3.8, 4) is 0 Å². The van der Waals surface area contributed by atoms with Crippen LogP contribution in [0, 0.1) is 20.8 Å². The molecule has 1 N–H and O–H groups in total. The molecule has 1 heterocycles. The van der Waals surface area contributed by atoms with Crippen LogP contribution in [0.1, 0.15) is 27.0 Å². The molecule has 2 amide bonds. The Morgan fingerprint density at radius 3 is 2.33 bits per heavy atom. The summed E-state index contributed by atoms with van der Waals surface area (Å²) in [5.74, 6) is 0.0523. The van der Waals surface area contributed by atoms with Gasteiger partial charge in [0, 0.05) is 37.4 Å². The molecule has 1 aliphatic rings. The van der Waals surface area contributed by atoms with E-state index in [2.05, 4.69) is 10.2 Å². The molecule has 5 heteroatoms. The van der Waals surface area contributed by atoms with Crippen LogP contribution in [0.2, 0.25) is 0 Å². The topological polar surface area (TPSA) is 52.7 Å². The SMILES string of the molecule is Cc1cccc(NC(=O)CN2CCN(C(=O)c3ccc(C)c(C)c3)CC2)c1. The van der Waals surface area contributed by atoms with Crippen molar-refractivity contribution in [1.82, 2.24) is 9.80 Å². The van der Waals surface area contributed by atoms with Crippen molar-refractivity contribution in [2.45, 2.75) is 20.8 Å². The van der Waals surface area contributed by atoms with E-state index in [1.165, 1.54) is 5.56 Å². The summed E-state index contributed by atoms with van der Waals surface area (Å²) in [5, 5.41) is 2.94. The smallest absolute Gasteiger partial charge is 0.253 e. The van der Waals surface area contributed by atoms with Crippen molar-refractivity contribution in [2.24, 2.45) is 0 Å². The fourth-order valence-electron chi connectivity index (χ4n) is 3.29. The Hall–Kier alpha value is -2.66. The Morgan fingerprint density at radius 1 is 0.926 bits per heavy atom. The van der Waals surface area contributed by atoms with Gasteiger partial charge in [0.05, 0.1) is 6.54 Å². The first-order valence-corrected chi connectivity index (χ1v) is 9.38. The second kappa shape index (κ2) is 8.35. The van der Waals surface area contributed by atoms with Crippen molar-refractivity contribution in [1.29, 1.82) is 0 Å². The summed E-state index contributed by atoms with van der Waals surface area (Å²) in [6.07, 6.45) is 0. The molecular weight excluding hydrogens is 338 g/mol. The lowest BCUT2D eigenvalue weighted by molar-refractivity contribution is -0.117. The number of carbonyl (C=O) groups is 2. The average molecular weight is 365 g/mol. The lowest BCUT2D eigenvalue weighted by atomic mass is 10.1. The highest BCUT2D eigenvalue weighted by atomic mass is 16.2. The number of amides is 2. The zero-order valence-electron chi connectivity index (χ0n) is 16.3. The van der Waals surface area contributed by atoms with Gasteiger partial charge in [0.1, 0.15) is 0 Å². The van der Waals surface area contributed by atoms with E-state index in [0.717, 1.165) is 22.4 Å². The third-order valence-corrected chi connectivity index (χ3v) is 5.08. The van der Waals surface area contributed by atoms with Crippen LogP contribution in [-0.4, -0.2) is 54.3 Å². The maximum atomic E-state index is 12.7. The Labute approximate surface area is 161 Å². The molecule has 1 fully saturated rings. The molecule has 1 aliphatic heterocycles. The number of hydrogen-bond donors (Lipinski definition) is 1. The molecule has 0 aliphatic carbocycles. The molecule has 0 radical (unpaired) electrons. The minimum Gasteiger partial charge on any atom is -0.336 e. The lowest BCUT2D eigenvalue weighted by Crippen LogP contribution is -2.50. The fourth-order valence-corrected chi connectivity index (χ4v) is 3.29. The van der Waals surface area contributed by atoms with Crippen molar-refractivity contribution >= 4 is 17.5 Å². The van der Waals surface area contributed by atoms with Gasteiger partial charge < -0.3 is 10.2 Å². The fraction of sp³-hybridized carbons (Fsp3) is 0.364. The summed E-state index contributed by atoms with van der Waals surface area (Å²) in [4.78, 5) is 28.9. The molecule has 3 rings (SSSR count). The van der Waals surface area contributed by atoms with Crippen molar-refractivity contribution in [2.75, 3.05) is 38.0 Å². The largest absolute Gasteiger partial charge is 0.336 e. The van der Waals surface area contributed by atoms with Crippen LogP contribution in [0.25, 0.3) is 0 Å². The van der Waals surface area contributed by atoms with Gasteiger partial charge in [-0.2, -0.15) is 0 Å². The highest BCUT2D eigenvalue weighted by Crippen LogP contribution is 2.14. The minimum atomic E-state index is -0.0189. The number of piperazine rings is 1. The van der Waals surface area contributed by atoms with Crippen LogP contribution in [-0.2, 0) is 4.79 Å². The Balaban J connectivity index is 1.50. The Morgan fingerprint density at radius 2 is 1.67 bits per heavy atom. The zero-order chi connectivity index (χ0) is 19.4. The molecule has 1 saturated heterocycles. The third kappa shape index (κ3) is 4.95. The predicted octanol–water partition coefficient (Wildman–Crippen LogP) is 3.01. The van der Waals surface area contributed by atoms with E-state index in [0.29, 0.717) is 32.7 Å². The van der Waals surface area contributed by atoms with Crippen LogP contribution in [0.5, 0.6) is 0 Å². The molecular formula is C22H27N3O2. The quantitative estimate of drug-likeness (QED) is 0.906. The zero-order valence-corrected chi connectivity index (χ0v) is 16.3. The Kier molecular flexibility index (Phi) is 5.91. The highest BCUT2D eigenvalue weighted by molar-refractivity contribution is 5.95. The van der Waals surface area contributed by atoms with E-state index >= 15 is 0 Å². The molecule has 0 atom stereocenters. The molecule has 0 spiro atoms. The minimum absolute atomic E-state index is 0.0189. The van der Waals surface area contributed by atoms with Gasteiger partial charge in [-0.25, -0.2) is 0 Å². The van der Waals surface area contributed by atoms with Crippen LogP contribution >= 0.6 is 0 Å². The standard InChI is InChI=1S/C22H27N3O2/c1-16-5-4-6-20(13-16)23-21(26)15-24-9-11-25(12-10-24)22(27)19-8-7-17(2)18(3)14-19/h4-8,13-14H,9-12,15H2,1-3H3,(H,23,26). The first kappa shape index (κ1) is 19.1. The normalized spacial score (nSPS) is 14.9. The number of anilines is 1. The first-order chi connectivity index (χ1) is 12.9. The summed E-state index contributed by atoms with van der Waals surface area (Å²) in [7, 11) is 0. The van der Waals surface area contributed by atoms with Crippen molar-refractivity contribution in [3.63, 3.8) is 0 Å². The number of hydrogen-bond acceptors (Lipinski definition) is 3. The number of benzene rings is 2. The number of rotatable bonds is 4. The van der Waals surface area contributed by atoms with Crippen molar-refractivity contribution in [3.05, 3.63) is 64.7 Å². The highest BCUT2D eigenvalue weighted by Gasteiger charge is 2.23. The molecule has 0 bridgehead atoms. The molecule has 27 heavy (non-hydrogen) atoms. The molecule has 142 valence electrons. The van der Waals surface area contributed by atoms with Gasteiger partial charge >= 0.3 is 0 Å². The van der Waals surface area contributed by atoms with Gasteiger partial charge in [0.2, 0.25) is 5.91 Å². The molecule has 2 aromatic carbocycles. The van der Waals surface area contributed by atoms with Gasteiger partial charge in [0.25, 0.3) is 5.91 Å².